The van der Waals surface area contributed by atoms with Gasteiger partial charge in [0.1, 0.15) is 11.2 Å². The highest BCUT2D eigenvalue weighted by molar-refractivity contribution is 6.30. The molecule has 0 aliphatic carbocycles. The number of rotatable bonds is 0. The van der Waals surface area contributed by atoms with E-state index in [2.05, 4.69) is 11.1 Å². The maximum atomic E-state index is 8.89. The fraction of sp³-hybridized carbons (Fsp3) is 0.400. The van der Waals surface area contributed by atoms with Crippen LogP contribution in [0.4, 0.5) is 0 Å². The molecular weight excluding hydrogens is 200 g/mol. The van der Waals surface area contributed by atoms with E-state index in [1.165, 1.54) is 0 Å². The van der Waals surface area contributed by atoms with Crippen molar-refractivity contribution in [2.75, 3.05) is 6.61 Å². The van der Waals surface area contributed by atoms with Gasteiger partial charge >= 0.3 is 0 Å². The van der Waals surface area contributed by atoms with E-state index in [4.69, 9.17) is 21.6 Å². The van der Waals surface area contributed by atoms with Crippen molar-refractivity contribution >= 4 is 11.6 Å². The van der Waals surface area contributed by atoms with Gasteiger partial charge in [-0.1, -0.05) is 11.6 Å². The van der Waals surface area contributed by atoms with Crippen LogP contribution in [0.25, 0.3) is 0 Å². The fourth-order valence-corrected chi connectivity index (χ4v) is 1.92. The van der Waals surface area contributed by atoms with Crippen molar-refractivity contribution in [2.24, 2.45) is 0 Å². The van der Waals surface area contributed by atoms with Crippen LogP contribution in [0.15, 0.2) is 0 Å². The van der Waals surface area contributed by atoms with Crippen LogP contribution in [-0.2, 0) is 17.8 Å². The van der Waals surface area contributed by atoms with Crippen molar-refractivity contribution in [3.05, 3.63) is 27.5 Å². The van der Waals surface area contributed by atoms with Crippen LogP contribution < -0.4 is 0 Å². The van der Waals surface area contributed by atoms with E-state index in [1.54, 1.807) is 0 Å². The van der Waals surface area contributed by atoms with Gasteiger partial charge in [-0.3, -0.25) is 0 Å². The Hall–Kier alpha value is -1.11. The number of hydrogen-bond acceptors (Lipinski definition) is 3. The Balaban J connectivity index is 2.65. The molecule has 0 N–H and O–H groups in total. The average molecular weight is 209 g/mol. The number of aromatic nitrogens is 1. The predicted octanol–water partition coefficient (Wildman–Crippen LogP) is 1.99. The second kappa shape index (κ2) is 3.56. The minimum atomic E-state index is 0.311. The quantitative estimate of drug-likeness (QED) is 0.613. The lowest BCUT2D eigenvalue weighted by atomic mass is 10.0. The Morgan fingerprint density at radius 3 is 3.07 bits per heavy atom. The van der Waals surface area contributed by atoms with Crippen LogP contribution in [0.2, 0.25) is 5.15 Å². The third kappa shape index (κ3) is 1.37. The van der Waals surface area contributed by atoms with Gasteiger partial charge in [-0.25, -0.2) is 4.98 Å². The first kappa shape index (κ1) is 9.45. The molecule has 0 radical (unpaired) electrons. The molecule has 0 atom stereocenters. The molecular formula is C10H9ClN2O. The van der Waals surface area contributed by atoms with E-state index in [0.29, 0.717) is 23.9 Å². The van der Waals surface area contributed by atoms with Gasteiger partial charge in [0, 0.05) is 12.0 Å². The lowest BCUT2D eigenvalue weighted by molar-refractivity contribution is 0.108. The first-order chi connectivity index (χ1) is 6.74. The van der Waals surface area contributed by atoms with Crippen molar-refractivity contribution in [3.63, 3.8) is 0 Å². The zero-order valence-corrected chi connectivity index (χ0v) is 8.56. The zero-order chi connectivity index (χ0) is 10.1. The first-order valence-electron chi connectivity index (χ1n) is 4.39. The molecule has 0 saturated carbocycles. The summed E-state index contributed by atoms with van der Waals surface area (Å²) >= 11 is 5.89. The number of nitrogens with zero attached hydrogens (tertiary/aromatic N) is 2. The summed E-state index contributed by atoms with van der Waals surface area (Å²) in [5.74, 6) is 0. The van der Waals surface area contributed by atoms with Gasteiger partial charge < -0.3 is 4.74 Å². The molecule has 0 amide bonds. The van der Waals surface area contributed by atoms with Crippen LogP contribution in [-0.4, -0.2) is 11.6 Å². The molecule has 4 heteroatoms. The Kier molecular flexibility index (Phi) is 2.40. The highest BCUT2D eigenvalue weighted by Gasteiger charge is 2.18. The monoisotopic (exact) mass is 208 g/mol. The van der Waals surface area contributed by atoms with Gasteiger partial charge in [0.15, 0.2) is 0 Å². The van der Waals surface area contributed by atoms with Gasteiger partial charge in [0.25, 0.3) is 0 Å². The highest BCUT2D eigenvalue weighted by Crippen LogP contribution is 2.26. The average Bonchev–Trinajstić information content (AvgIpc) is 2.18. The van der Waals surface area contributed by atoms with Gasteiger partial charge in [-0.05, 0) is 12.5 Å². The van der Waals surface area contributed by atoms with Crippen molar-refractivity contribution in [2.45, 2.75) is 20.0 Å². The van der Waals surface area contributed by atoms with Gasteiger partial charge in [0.05, 0.1) is 24.5 Å². The van der Waals surface area contributed by atoms with Crippen molar-refractivity contribution in [1.82, 2.24) is 4.98 Å². The number of hydrogen-bond donors (Lipinski definition) is 0. The normalized spacial score (nSPS) is 14.6. The van der Waals surface area contributed by atoms with Crippen LogP contribution >= 0.6 is 11.6 Å². The van der Waals surface area contributed by atoms with Crippen molar-refractivity contribution in [3.8, 4) is 6.07 Å². The molecule has 0 aromatic carbocycles. The van der Waals surface area contributed by atoms with E-state index in [-0.39, 0.29) is 0 Å². The van der Waals surface area contributed by atoms with E-state index in [1.807, 2.05) is 6.92 Å². The van der Waals surface area contributed by atoms with E-state index >= 15 is 0 Å². The third-order valence-electron chi connectivity index (χ3n) is 2.46. The van der Waals surface area contributed by atoms with E-state index < -0.39 is 0 Å². The zero-order valence-electron chi connectivity index (χ0n) is 7.80. The smallest absolute Gasteiger partial charge is 0.147 e. The molecule has 1 aliphatic rings. The second-order valence-electron chi connectivity index (χ2n) is 3.24. The molecule has 3 nitrogen and oxygen atoms in total. The van der Waals surface area contributed by atoms with Crippen molar-refractivity contribution in [1.29, 1.82) is 5.26 Å². The third-order valence-corrected chi connectivity index (χ3v) is 2.73. The van der Waals surface area contributed by atoms with Crippen LogP contribution in [0.1, 0.15) is 22.4 Å². The number of pyridine rings is 1. The summed E-state index contributed by atoms with van der Waals surface area (Å²) in [6.07, 6.45) is 0.779. The van der Waals surface area contributed by atoms with Gasteiger partial charge in [-0.2, -0.15) is 5.26 Å². The number of ether oxygens (including phenoxy) is 1. The van der Waals surface area contributed by atoms with Crippen LogP contribution in [0, 0.1) is 18.3 Å². The molecule has 72 valence electrons. The summed E-state index contributed by atoms with van der Waals surface area (Å²) in [6, 6.07) is 2.06. The molecule has 2 rings (SSSR count). The molecule has 2 heterocycles. The molecule has 0 saturated heterocycles. The summed E-state index contributed by atoms with van der Waals surface area (Å²) in [6.45, 7) is 3.11. The minimum absolute atomic E-state index is 0.311. The van der Waals surface area contributed by atoms with E-state index in [0.717, 1.165) is 23.2 Å². The summed E-state index contributed by atoms with van der Waals surface area (Å²) in [7, 11) is 0. The van der Waals surface area contributed by atoms with Gasteiger partial charge in [-0.15, -0.1) is 0 Å². The molecule has 14 heavy (non-hydrogen) atoms. The fourth-order valence-electron chi connectivity index (χ4n) is 1.64. The standard InChI is InChI=1S/C10H9ClN2O/c1-6-7(4-12)10(11)13-9-2-3-14-5-8(6)9/h2-3,5H2,1H3. The highest BCUT2D eigenvalue weighted by atomic mass is 35.5. The number of nitriles is 1. The lowest BCUT2D eigenvalue weighted by Gasteiger charge is -2.18. The minimum Gasteiger partial charge on any atom is -0.376 e. The molecule has 1 aliphatic heterocycles. The number of halogens is 1. The number of fused-ring (bicyclic) bond motifs is 1. The summed E-state index contributed by atoms with van der Waals surface area (Å²) in [5, 5.41) is 9.20. The summed E-state index contributed by atoms with van der Waals surface area (Å²) in [5.41, 5.74) is 3.37. The molecule has 1 aromatic rings. The molecule has 0 spiro atoms. The predicted molar refractivity (Wildman–Crippen MR) is 52.1 cm³/mol. The summed E-state index contributed by atoms with van der Waals surface area (Å²) in [4.78, 5) is 4.21. The Labute approximate surface area is 87.3 Å². The molecule has 1 aromatic heterocycles. The molecule has 0 bridgehead atoms. The molecule has 0 unspecified atom stereocenters. The molecule has 0 fully saturated rings. The van der Waals surface area contributed by atoms with Crippen LogP contribution in [0.5, 0.6) is 0 Å². The Bertz CT molecular complexity index is 423. The van der Waals surface area contributed by atoms with Gasteiger partial charge in [0.2, 0.25) is 0 Å². The largest absolute Gasteiger partial charge is 0.376 e. The maximum Gasteiger partial charge on any atom is 0.147 e. The second-order valence-corrected chi connectivity index (χ2v) is 3.60. The SMILES string of the molecule is Cc1c(C#N)c(Cl)nc2c1COCC2. The van der Waals surface area contributed by atoms with E-state index in [9.17, 15) is 0 Å². The topological polar surface area (TPSA) is 45.9 Å². The summed E-state index contributed by atoms with van der Waals surface area (Å²) < 4.78 is 5.32. The van der Waals surface area contributed by atoms with Crippen molar-refractivity contribution < 1.29 is 4.74 Å². The maximum absolute atomic E-state index is 8.89. The Morgan fingerprint density at radius 1 is 1.57 bits per heavy atom. The van der Waals surface area contributed by atoms with Crippen LogP contribution in [0.3, 0.4) is 0 Å². The Morgan fingerprint density at radius 2 is 2.36 bits per heavy atom. The lowest BCUT2D eigenvalue weighted by Crippen LogP contribution is -2.14. The first-order valence-corrected chi connectivity index (χ1v) is 4.77.